The van der Waals surface area contributed by atoms with Gasteiger partial charge in [-0.2, -0.15) is 0 Å². The Bertz CT molecular complexity index is 729. The Labute approximate surface area is 140 Å². The van der Waals surface area contributed by atoms with E-state index in [-0.39, 0.29) is 6.04 Å². The Balaban J connectivity index is 1.66. The van der Waals surface area contributed by atoms with E-state index in [0.717, 1.165) is 21.7 Å². The quantitative estimate of drug-likeness (QED) is 0.710. The Kier molecular flexibility index (Phi) is 4.77. The van der Waals surface area contributed by atoms with Crippen LogP contribution in [0.5, 0.6) is 0 Å². The van der Waals surface area contributed by atoms with Gasteiger partial charge in [0.25, 0.3) is 0 Å². The van der Waals surface area contributed by atoms with Gasteiger partial charge in [-0.1, -0.05) is 30.3 Å². The lowest BCUT2D eigenvalue weighted by Crippen LogP contribution is -2.13. The molecule has 0 fully saturated rings. The van der Waals surface area contributed by atoms with Gasteiger partial charge in [-0.3, -0.25) is 0 Å². The normalized spacial score (nSPS) is 12.1. The maximum Gasteiger partial charge on any atom is 0.228 e. The van der Waals surface area contributed by atoms with Crippen molar-refractivity contribution in [3.05, 3.63) is 63.8 Å². The van der Waals surface area contributed by atoms with Crippen LogP contribution in [0.25, 0.3) is 0 Å². The van der Waals surface area contributed by atoms with Crippen LogP contribution in [-0.2, 0) is 6.42 Å². The third-order valence-corrected chi connectivity index (χ3v) is 4.22. The van der Waals surface area contributed by atoms with Gasteiger partial charge in [0, 0.05) is 17.8 Å². The number of aromatic nitrogens is 3. The van der Waals surface area contributed by atoms with E-state index in [1.54, 1.807) is 12.4 Å². The SMILES string of the molecule is NC(Cc1ccccc1)c1csc(Nc2ncc(Br)cn2)n1. The summed E-state index contributed by atoms with van der Waals surface area (Å²) in [6.45, 7) is 0. The van der Waals surface area contributed by atoms with Crippen molar-refractivity contribution in [2.75, 3.05) is 5.32 Å². The van der Waals surface area contributed by atoms with Gasteiger partial charge in [0.05, 0.1) is 16.2 Å². The topological polar surface area (TPSA) is 76.7 Å². The largest absolute Gasteiger partial charge is 0.322 e. The highest BCUT2D eigenvalue weighted by Gasteiger charge is 2.12. The van der Waals surface area contributed by atoms with Gasteiger partial charge in [0.15, 0.2) is 5.13 Å². The van der Waals surface area contributed by atoms with Gasteiger partial charge >= 0.3 is 0 Å². The summed E-state index contributed by atoms with van der Waals surface area (Å²) in [6, 6.07) is 10.0. The maximum atomic E-state index is 6.23. The predicted molar refractivity (Wildman–Crippen MR) is 92.2 cm³/mol. The average molecular weight is 376 g/mol. The molecule has 0 spiro atoms. The number of rotatable bonds is 5. The molecule has 3 aromatic rings. The number of nitrogens with two attached hydrogens (primary N) is 1. The molecule has 0 saturated carbocycles. The molecule has 1 aromatic carbocycles. The average Bonchev–Trinajstić information content (AvgIpc) is 2.99. The molecule has 112 valence electrons. The molecule has 22 heavy (non-hydrogen) atoms. The number of nitrogens with zero attached hydrogens (tertiary/aromatic N) is 3. The predicted octanol–water partition coefficient (Wildman–Crippen LogP) is 3.68. The summed E-state index contributed by atoms with van der Waals surface area (Å²) in [4.78, 5) is 12.8. The zero-order chi connectivity index (χ0) is 15.4. The van der Waals surface area contributed by atoms with E-state index in [0.29, 0.717) is 5.95 Å². The zero-order valence-corrected chi connectivity index (χ0v) is 14.0. The highest BCUT2D eigenvalue weighted by molar-refractivity contribution is 9.10. The van der Waals surface area contributed by atoms with Crippen LogP contribution in [0.4, 0.5) is 11.1 Å². The monoisotopic (exact) mass is 375 g/mol. The highest BCUT2D eigenvalue weighted by Crippen LogP contribution is 2.23. The van der Waals surface area contributed by atoms with E-state index in [9.17, 15) is 0 Å². The lowest BCUT2D eigenvalue weighted by Gasteiger charge is -2.08. The molecule has 0 aliphatic carbocycles. The molecule has 0 radical (unpaired) electrons. The maximum absolute atomic E-state index is 6.23. The Morgan fingerprint density at radius 3 is 2.64 bits per heavy atom. The fourth-order valence-corrected chi connectivity index (χ4v) is 2.93. The number of benzene rings is 1. The Morgan fingerprint density at radius 1 is 1.18 bits per heavy atom. The standard InChI is InChI=1S/C15H14BrN5S/c16-11-7-18-14(19-8-11)21-15-20-13(9-22-15)12(17)6-10-4-2-1-3-5-10/h1-5,7-9,12H,6,17H2,(H,18,19,20,21). The minimum atomic E-state index is -0.125. The van der Waals surface area contributed by atoms with Crippen LogP contribution in [0.2, 0.25) is 0 Å². The molecule has 5 nitrogen and oxygen atoms in total. The van der Waals surface area contributed by atoms with Crippen LogP contribution in [0.15, 0.2) is 52.6 Å². The summed E-state index contributed by atoms with van der Waals surface area (Å²) in [6.07, 6.45) is 4.13. The Hall–Kier alpha value is -1.83. The van der Waals surface area contributed by atoms with Crippen LogP contribution < -0.4 is 11.1 Å². The number of nitrogens with one attached hydrogen (secondary N) is 1. The summed E-state index contributed by atoms with van der Waals surface area (Å²) < 4.78 is 0.836. The third-order valence-electron chi connectivity index (χ3n) is 3.04. The van der Waals surface area contributed by atoms with Crippen molar-refractivity contribution in [3.8, 4) is 0 Å². The molecule has 2 heterocycles. The molecule has 3 rings (SSSR count). The molecule has 1 atom stereocenters. The van der Waals surface area contributed by atoms with Crippen LogP contribution >= 0.6 is 27.3 Å². The molecule has 0 bridgehead atoms. The number of hydrogen-bond donors (Lipinski definition) is 2. The molecule has 7 heteroatoms. The summed E-state index contributed by atoms with van der Waals surface area (Å²) >= 11 is 4.80. The minimum absolute atomic E-state index is 0.125. The van der Waals surface area contributed by atoms with E-state index in [1.807, 2.05) is 23.6 Å². The lowest BCUT2D eigenvalue weighted by molar-refractivity contribution is 0.702. The van der Waals surface area contributed by atoms with Crippen molar-refractivity contribution in [1.82, 2.24) is 15.0 Å². The van der Waals surface area contributed by atoms with Crippen molar-refractivity contribution in [2.45, 2.75) is 12.5 Å². The molecule has 0 amide bonds. The summed E-state index contributed by atoms with van der Waals surface area (Å²) in [7, 11) is 0. The van der Waals surface area contributed by atoms with E-state index >= 15 is 0 Å². The second-order valence-electron chi connectivity index (χ2n) is 4.72. The highest BCUT2D eigenvalue weighted by atomic mass is 79.9. The van der Waals surface area contributed by atoms with E-state index < -0.39 is 0 Å². The molecule has 2 aromatic heterocycles. The Morgan fingerprint density at radius 2 is 1.91 bits per heavy atom. The van der Waals surface area contributed by atoms with E-state index in [1.165, 1.54) is 16.9 Å². The molecule has 3 N–H and O–H groups in total. The first-order valence-corrected chi connectivity index (χ1v) is 8.37. The first kappa shape index (κ1) is 15.1. The van der Waals surface area contributed by atoms with Crippen molar-refractivity contribution < 1.29 is 0 Å². The molecule has 1 unspecified atom stereocenters. The zero-order valence-electron chi connectivity index (χ0n) is 11.6. The van der Waals surface area contributed by atoms with Gasteiger partial charge in [0.2, 0.25) is 5.95 Å². The molecule has 0 aliphatic heterocycles. The van der Waals surface area contributed by atoms with Crippen LogP contribution in [0.3, 0.4) is 0 Å². The van der Waals surface area contributed by atoms with Gasteiger partial charge in [0.1, 0.15) is 0 Å². The number of thiazole rings is 1. The summed E-state index contributed by atoms with van der Waals surface area (Å²) in [5.74, 6) is 0.515. The van der Waals surface area contributed by atoms with Crippen LogP contribution in [0.1, 0.15) is 17.3 Å². The van der Waals surface area contributed by atoms with Gasteiger partial charge in [-0.25, -0.2) is 15.0 Å². The van der Waals surface area contributed by atoms with Crippen LogP contribution in [0, 0.1) is 0 Å². The smallest absolute Gasteiger partial charge is 0.228 e. The first-order valence-electron chi connectivity index (χ1n) is 6.70. The fourth-order valence-electron chi connectivity index (χ4n) is 1.96. The minimum Gasteiger partial charge on any atom is -0.322 e. The van der Waals surface area contributed by atoms with Gasteiger partial charge in [-0.05, 0) is 27.9 Å². The van der Waals surface area contributed by atoms with Crippen molar-refractivity contribution in [1.29, 1.82) is 0 Å². The van der Waals surface area contributed by atoms with Crippen molar-refractivity contribution >= 4 is 38.3 Å². The van der Waals surface area contributed by atoms with Crippen LogP contribution in [-0.4, -0.2) is 15.0 Å². The van der Waals surface area contributed by atoms with Gasteiger partial charge in [-0.15, -0.1) is 11.3 Å². The molecular weight excluding hydrogens is 362 g/mol. The second kappa shape index (κ2) is 6.95. The molecule has 0 aliphatic rings. The molecular formula is C15H14BrN5S. The third kappa shape index (κ3) is 3.88. The van der Waals surface area contributed by atoms with Crippen molar-refractivity contribution in [3.63, 3.8) is 0 Å². The first-order chi connectivity index (χ1) is 10.7. The van der Waals surface area contributed by atoms with Gasteiger partial charge < -0.3 is 11.1 Å². The summed E-state index contributed by atoms with van der Waals surface area (Å²) in [5, 5.41) is 5.78. The summed E-state index contributed by atoms with van der Waals surface area (Å²) in [5.41, 5.74) is 8.30. The number of halogens is 1. The van der Waals surface area contributed by atoms with E-state index in [4.69, 9.17) is 5.73 Å². The number of anilines is 2. The van der Waals surface area contributed by atoms with E-state index in [2.05, 4.69) is 48.3 Å². The fraction of sp³-hybridized carbons (Fsp3) is 0.133. The number of hydrogen-bond acceptors (Lipinski definition) is 6. The second-order valence-corrected chi connectivity index (χ2v) is 6.50. The van der Waals surface area contributed by atoms with Crippen molar-refractivity contribution in [2.24, 2.45) is 5.73 Å². The molecule has 0 saturated heterocycles. The lowest BCUT2D eigenvalue weighted by atomic mass is 10.1.